The van der Waals surface area contributed by atoms with Crippen LogP contribution in [0.4, 0.5) is 5.69 Å². The number of fused-ring (bicyclic) bond motifs is 1. The van der Waals surface area contributed by atoms with Crippen LogP contribution in [0.15, 0.2) is 46.9 Å². The molecule has 5 nitrogen and oxygen atoms in total. The predicted molar refractivity (Wildman–Crippen MR) is 115 cm³/mol. The van der Waals surface area contributed by atoms with Crippen LogP contribution in [0, 0.1) is 23.2 Å². The van der Waals surface area contributed by atoms with Gasteiger partial charge in [0.05, 0.1) is 12.5 Å². The van der Waals surface area contributed by atoms with E-state index in [4.69, 9.17) is 9.15 Å². The highest BCUT2D eigenvalue weighted by Crippen LogP contribution is 2.60. The molecule has 4 aliphatic rings. The fraction of sp³-hybridized carbons (Fsp3) is 0.440. The molecule has 4 aliphatic carbocycles. The molecule has 0 atom stereocenters. The largest absolute Gasteiger partial charge is 0.497 e. The van der Waals surface area contributed by atoms with E-state index in [9.17, 15) is 4.79 Å². The van der Waals surface area contributed by atoms with Gasteiger partial charge in [0.1, 0.15) is 11.3 Å². The molecule has 0 aliphatic heterocycles. The summed E-state index contributed by atoms with van der Waals surface area (Å²) in [6.07, 6.45) is 7.22. The number of aromatic nitrogens is 1. The van der Waals surface area contributed by atoms with E-state index in [0.717, 1.165) is 59.5 Å². The maximum atomic E-state index is 13.3. The molecule has 5 heteroatoms. The molecule has 154 valence electrons. The average molecular weight is 402 g/mol. The third-order valence-corrected chi connectivity index (χ3v) is 7.50. The van der Waals surface area contributed by atoms with Crippen molar-refractivity contribution in [3.63, 3.8) is 0 Å². The van der Waals surface area contributed by atoms with Gasteiger partial charge in [-0.25, -0.2) is 4.98 Å². The number of oxazole rings is 1. The summed E-state index contributed by atoms with van der Waals surface area (Å²) in [5.41, 5.74) is 3.02. The van der Waals surface area contributed by atoms with Crippen molar-refractivity contribution < 1.29 is 13.9 Å². The molecular weight excluding hydrogens is 376 g/mol. The van der Waals surface area contributed by atoms with Crippen LogP contribution in [0.2, 0.25) is 0 Å². The third kappa shape index (κ3) is 2.91. The van der Waals surface area contributed by atoms with Crippen molar-refractivity contribution in [1.82, 2.24) is 4.98 Å². The maximum Gasteiger partial charge on any atom is 0.230 e. The average Bonchev–Trinajstić information content (AvgIpc) is 3.16. The fourth-order valence-corrected chi connectivity index (χ4v) is 6.51. The number of carbonyl (C=O) groups is 1. The van der Waals surface area contributed by atoms with Gasteiger partial charge in [-0.05, 0) is 98.7 Å². The zero-order valence-corrected chi connectivity index (χ0v) is 17.2. The number of benzene rings is 2. The van der Waals surface area contributed by atoms with Crippen LogP contribution in [0.1, 0.15) is 38.5 Å². The van der Waals surface area contributed by atoms with Crippen LogP contribution in [0.3, 0.4) is 0 Å². The Morgan fingerprint density at radius 2 is 1.70 bits per heavy atom. The lowest BCUT2D eigenvalue weighted by atomic mass is 9.49. The zero-order valence-electron chi connectivity index (χ0n) is 17.2. The van der Waals surface area contributed by atoms with Gasteiger partial charge in [-0.1, -0.05) is 0 Å². The van der Waals surface area contributed by atoms with Gasteiger partial charge in [-0.3, -0.25) is 4.79 Å². The summed E-state index contributed by atoms with van der Waals surface area (Å²) in [7, 11) is 1.65. The van der Waals surface area contributed by atoms with Gasteiger partial charge >= 0.3 is 0 Å². The van der Waals surface area contributed by atoms with Crippen molar-refractivity contribution in [2.24, 2.45) is 23.2 Å². The van der Waals surface area contributed by atoms with Gasteiger partial charge in [0.25, 0.3) is 0 Å². The van der Waals surface area contributed by atoms with Gasteiger partial charge in [0.2, 0.25) is 11.8 Å². The SMILES string of the molecule is COc1ccc(-c2nc3cc(NC(=O)C45CC6CC(CC(C6)C4)C5)ccc3o2)cc1. The standard InChI is InChI=1S/C25H26N2O3/c1-29-20-5-2-18(3-6-20)23-27-21-11-19(4-7-22(21)30-23)26-24(28)25-12-15-8-16(13-25)10-17(9-15)14-25/h2-7,11,15-17H,8-10,12-14H2,1H3,(H,26,28). The van der Waals surface area contributed by atoms with Crippen LogP contribution < -0.4 is 10.1 Å². The highest BCUT2D eigenvalue weighted by Gasteiger charge is 2.54. The van der Waals surface area contributed by atoms with E-state index in [1.165, 1.54) is 19.3 Å². The first-order valence-corrected chi connectivity index (χ1v) is 11.0. The van der Waals surface area contributed by atoms with E-state index in [1.54, 1.807) is 7.11 Å². The maximum absolute atomic E-state index is 13.3. The zero-order chi connectivity index (χ0) is 20.3. The molecule has 1 amide bonds. The van der Waals surface area contributed by atoms with Crippen LogP contribution in [-0.4, -0.2) is 18.0 Å². The summed E-state index contributed by atoms with van der Waals surface area (Å²) < 4.78 is 11.1. The molecule has 0 spiro atoms. The topological polar surface area (TPSA) is 64.4 Å². The predicted octanol–water partition coefficient (Wildman–Crippen LogP) is 5.66. The monoisotopic (exact) mass is 402 g/mol. The van der Waals surface area contributed by atoms with E-state index < -0.39 is 0 Å². The summed E-state index contributed by atoms with van der Waals surface area (Å²) >= 11 is 0. The van der Waals surface area contributed by atoms with Crippen molar-refractivity contribution in [1.29, 1.82) is 0 Å². The van der Waals surface area contributed by atoms with E-state index in [1.807, 2.05) is 42.5 Å². The number of methoxy groups -OCH3 is 1. The number of nitrogens with zero attached hydrogens (tertiary/aromatic N) is 1. The Labute approximate surface area is 175 Å². The molecule has 1 aromatic heterocycles. The lowest BCUT2D eigenvalue weighted by Gasteiger charge is -2.55. The first-order valence-electron chi connectivity index (χ1n) is 11.0. The Morgan fingerprint density at radius 3 is 2.33 bits per heavy atom. The van der Waals surface area contributed by atoms with Crippen molar-refractivity contribution >= 4 is 22.7 Å². The number of hydrogen-bond acceptors (Lipinski definition) is 4. The molecular formula is C25H26N2O3. The van der Waals surface area contributed by atoms with Crippen molar-refractivity contribution in [2.45, 2.75) is 38.5 Å². The second-order valence-electron chi connectivity index (χ2n) is 9.58. The Kier molecular flexibility index (Phi) is 3.95. The van der Waals surface area contributed by atoms with E-state index in [0.29, 0.717) is 11.5 Å². The normalized spacial score (nSPS) is 29.3. The van der Waals surface area contributed by atoms with Gasteiger partial charge < -0.3 is 14.5 Å². The second kappa shape index (κ2) is 6.59. The van der Waals surface area contributed by atoms with Crippen LogP contribution in [-0.2, 0) is 4.79 Å². The summed E-state index contributed by atoms with van der Waals surface area (Å²) in [4.78, 5) is 18.0. The summed E-state index contributed by atoms with van der Waals surface area (Å²) in [6.45, 7) is 0. The lowest BCUT2D eigenvalue weighted by molar-refractivity contribution is -0.140. The molecule has 2 aromatic carbocycles. The van der Waals surface area contributed by atoms with Crippen LogP contribution >= 0.6 is 0 Å². The number of nitrogens with one attached hydrogen (secondary N) is 1. The number of ether oxygens (including phenoxy) is 1. The molecule has 0 unspecified atom stereocenters. The van der Waals surface area contributed by atoms with Crippen LogP contribution in [0.25, 0.3) is 22.6 Å². The molecule has 0 saturated heterocycles. The fourth-order valence-electron chi connectivity index (χ4n) is 6.51. The summed E-state index contributed by atoms with van der Waals surface area (Å²) in [6, 6.07) is 13.4. The molecule has 1 heterocycles. The molecule has 4 fully saturated rings. The second-order valence-corrected chi connectivity index (χ2v) is 9.58. The lowest BCUT2D eigenvalue weighted by Crippen LogP contribution is -2.51. The smallest absolute Gasteiger partial charge is 0.230 e. The number of carbonyl (C=O) groups excluding carboxylic acids is 1. The number of hydrogen-bond donors (Lipinski definition) is 1. The Morgan fingerprint density at radius 1 is 1.03 bits per heavy atom. The Hall–Kier alpha value is -2.82. The highest BCUT2D eigenvalue weighted by atomic mass is 16.5. The Balaban J connectivity index is 1.24. The minimum Gasteiger partial charge on any atom is -0.497 e. The third-order valence-electron chi connectivity index (χ3n) is 7.50. The molecule has 0 radical (unpaired) electrons. The molecule has 3 aromatic rings. The number of anilines is 1. The van der Waals surface area contributed by atoms with Crippen LogP contribution in [0.5, 0.6) is 5.75 Å². The molecule has 4 bridgehead atoms. The number of rotatable bonds is 4. The minimum absolute atomic E-state index is 0.151. The van der Waals surface area contributed by atoms with Crippen molar-refractivity contribution in [3.8, 4) is 17.2 Å². The van der Waals surface area contributed by atoms with Gasteiger partial charge in [0, 0.05) is 11.3 Å². The molecule has 4 saturated carbocycles. The first kappa shape index (κ1) is 18.0. The van der Waals surface area contributed by atoms with Gasteiger partial charge in [-0.15, -0.1) is 0 Å². The first-order chi connectivity index (χ1) is 14.6. The minimum atomic E-state index is -0.151. The van der Waals surface area contributed by atoms with E-state index in [2.05, 4.69) is 10.3 Å². The van der Waals surface area contributed by atoms with Crippen molar-refractivity contribution in [2.75, 3.05) is 12.4 Å². The Bertz CT molecular complexity index is 1080. The number of amides is 1. The molecule has 30 heavy (non-hydrogen) atoms. The molecule has 7 rings (SSSR count). The summed E-state index contributed by atoms with van der Waals surface area (Å²) in [5.74, 6) is 3.84. The van der Waals surface area contributed by atoms with Gasteiger partial charge in [0.15, 0.2) is 5.58 Å². The van der Waals surface area contributed by atoms with Gasteiger partial charge in [-0.2, -0.15) is 0 Å². The quantitative estimate of drug-likeness (QED) is 0.612. The highest BCUT2D eigenvalue weighted by molar-refractivity contribution is 5.97. The van der Waals surface area contributed by atoms with E-state index >= 15 is 0 Å². The van der Waals surface area contributed by atoms with E-state index in [-0.39, 0.29) is 11.3 Å². The summed E-state index contributed by atoms with van der Waals surface area (Å²) in [5, 5.41) is 3.22. The van der Waals surface area contributed by atoms with Crippen molar-refractivity contribution in [3.05, 3.63) is 42.5 Å². The molecule has 1 N–H and O–H groups in total.